The van der Waals surface area contributed by atoms with Gasteiger partial charge in [0.15, 0.2) is 0 Å². The third-order valence-electron chi connectivity index (χ3n) is 1.24. The Morgan fingerprint density at radius 3 is 2.67 bits per heavy atom. The second-order valence-corrected chi connectivity index (χ2v) is 2.40. The van der Waals surface area contributed by atoms with Gasteiger partial charge in [0.1, 0.15) is 17.3 Å². The molecule has 0 radical (unpaired) electrons. The largest absolute Gasteiger partial charge is 0.463 e. The molecule has 0 aliphatic rings. The topological polar surface area (TPSA) is 63.9 Å². The minimum absolute atomic E-state index is 0.431. The lowest BCUT2D eigenvalue weighted by atomic mass is 10.3. The first-order valence-electron chi connectivity index (χ1n) is 3.58. The number of nitrogens with two attached hydrogens (primary N) is 1. The summed E-state index contributed by atoms with van der Waals surface area (Å²) < 4.78 is 5.09. The van der Waals surface area contributed by atoms with Crippen molar-refractivity contribution in [1.29, 1.82) is 0 Å². The summed E-state index contributed by atoms with van der Waals surface area (Å²) in [6.07, 6.45) is 1.59. The van der Waals surface area contributed by atoms with Gasteiger partial charge < -0.3 is 10.2 Å². The van der Waals surface area contributed by atoms with Crippen molar-refractivity contribution >= 4 is 11.5 Å². The van der Waals surface area contributed by atoms with Crippen LogP contribution in [-0.2, 0) is 0 Å². The van der Waals surface area contributed by atoms with E-state index in [4.69, 9.17) is 10.2 Å². The van der Waals surface area contributed by atoms with Gasteiger partial charge in [-0.25, -0.2) is 0 Å². The molecule has 0 aliphatic heterocycles. The van der Waals surface area contributed by atoms with Gasteiger partial charge in [-0.2, -0.15) is 5.10 Å². The Kier molecular flexibility index (Phi) is 2.63. The van der Waals surface area contributed by atoms with Crippen LogP contribution in [0.2, 0.25) is 0 Å². The van der Waals surface area contributed by atoms with E-state index in [9.17, 15) is 0 Å². The summed E-state index contributed by atoms with van der Waals surface area (Å²) in [6, 6.07) is 3.62. The molecule has 4 heteroatoms. The van der Waals surface area contributed by atoms with Crippen LogP contribution in [0.5, 0.6) is 0 Å². The van der Waals surface area contributed by atoms with Gasteiger partial charge in [0.2, 0.25) is 0 Å². The Balaban J connectivity index is 2.78. The van der Waals surface area contributed by atoms with E-state index in [0.717, 1.165) is 0 Å². The van der Waals surface area contributed by atoms with Crippen molar-refractivity contribution in [1.82, 2.24) is 0 Å². The molecular weight excluding hydrogens is 154 g/mol. The van der Waals surface area contributed by atoms with Gasteiger partial charge in [-0.3, -0.25) is 0 Å². The first-order chi connectivity index (χ1) is 5.70. The molecule has 0 aliphatic carbocycles. The Morgan fingerprint density at radius 2 is 2.17 bits per heavy atom. The zero-order valence-corrected chi connectivity index (χ0v) is 7.11. The average Bonchev–Trinajstić information content (AvgIpc) is 2.51. The molecule has 0 saturated heterocycles. The molecule has 4 nitrogen and oxygen atoms in total. The number of furan rings is 1. The first kappa shape index (κ1) is 8.52. The molecule has 1 heterocycles. The third kappa shape index (κ3) is 2.23. The zero-order chi connectivity index (χ0) is 8.97. The van der Waals surface area contributed by atoms with E-state index in [2.05, 4.69) is 10.2 Å². The summed E-state index contributed by atoms with van der Waals surface area (Å²) in [5.74, 6) is 1.14. The highest BCUT2D eigenvalue weighted by Crippen LogP contribution is 2.01. The lowest BCUT2D eigenvalue weighted by Gasteiger charge is -1.90. The van der Waals surface area contributed by atoms with Crippen LogP contribution in [0.4, 0.5) is 0 Å². The number of rotatable bonds is 2. The zero-order valence-electron chi connectivity index (χ0n) is 7.11. The molecule has 0 atom stereocenters. The molecule has 12 heavy (non-hydrogen) atoms. The summed E-state index contributed by atoms with van der Waals surface area (Å²) in [7, 11) is 0. The molecule has 0 unspecified atom stereocenters. The van der Waals surface area contributed by atoms with Gasteiger partial charge in [0, 0.05) is 0 Å². The monoisotopic (exact) mass is 165 g/mol. The fourth-order valence-corrected chi connectivity index (χ4v) is 0.688. The third-order valence-corrected chi connectivity index (χ3v) is 1.24. The number of hydrogen-bond acceptors (Lipinski definition) is 3. The van der Waals surface area contributed by atoms with E-state index >= 15 is 0 Å². The highest BCUT2D eigenvalue weighted by atomic mass is 16.3. The minimum atomic E-state index is 0.431. The maximum Gasteiger partial charge on any atom is 0.149 e. The Morgan fingerprint density at radius 1 is 1.42 bits per heavy atom. The minimum Gasteiger partial charge on any atom is -0.463 e. The quantitative estimate of drug-likeness (QED) is 0.408. The molecule has 0 saturated carbocycles. The molecule has 2 N–H and O–H groups in total. The SMILES string of the molecule is C/C(N)=N\N=C(/C)c1ccco1. The fourth-order valence-electron chi connectivity index (χ4n) is 0.688. The van der Waals surface area contributed by atoms with Crippen LogP contribution in [-0.4, -0.2) is 11.5 Å². The summed E-state index contributed by atoms with van der Waals surface area (Å²) in [5, 5.41) is 7.55. The number of hydrogen-bond donors (Lipinski definition) is 1. The van der Waals surface area contributed by atoms with Gasteiger partial charge in [0.05, 0.1) is 6.26 Å². The number of amidine groups is 1. The van der Waals surface area contributed by atoms with E-state index < -0.39 is 0 Å². The van der Waals surface area contributed by atoms with Crippen molar-refractivity contribution in [2.24, 2.45) is 15.9 Å². The van der Waals surface area contributed by atoms with Crippen LogP contribution in [0.25, 0.3) is 0 Å². The molecule has 0 fully saturated rings. The van der Waals surface area contributed by atoms with E-state index in [1.807, 2.05) is 13.0 Å². The van der Waals surface area contributed by atoms with Crippen LogP contribution in [0.3, 0.4) is 0 Å². The molecule has 1 aromatic heterocycles. The maximum absolute atomic E-state index is 5.31. The Labute approximate surface area is 70.8 Å². The smallest absolute Gasteiger partial charge is 0.149 e. The molecule has 0 amide bonds. The second kappa shape index (κ2) is 3.71. The first-order valence-corrected chi connectivity index (χ1v) is 3.58. The molecule has 64 valence electrons. The van der Waals surface area contributed by atoms with Crippen molar-refractivity contribution in [3.8, 4) is 0 Å². The van der Waals surface area contributed by atoms with Gasteiger partial charge in [-0.15, -0.1) is 5.10 Å². The van der Waals surface area contributed by atoms with Crippen LogP contribution >= 0.6 is 0 Å². The van der Waals surface area contributed by atoms with Crippen molar-refractivity contribution < 1.29 is 4.42 Å². The predicted octanol–water partition coefficient (Wildman–Crippen LogP) is 1.38. The van der Waals surface area contributed by atoms with Crippen molar-refractivity contribution in [3.63, 3.8) is 0 Å². The van der Waals surface area contributed by atoms with E-state index in [0.29, 0.717) is 17.3 Å². The van der Waals surface area contributed by atoms with Gasteiger partial charge in [-0.1, -0.05) is 0 Å². The number of nitrogens with zero attached hydrogens (tertiary/aromatic N) is 2. The second-order valence-electron chi connectivity index (χ2n) is 2.40. The predicted molar refractivity (Wildman–Crippen MR) is 48.2 cm³/mol. The van der Waals surface area contributed by atoms with E-state index in [-0.39, 0.29) is 0 Å². The lowest BCUT2D eigenvalue weighted by Crippen LogP contribution is -2.04. The molecular formula is C8H11N3O. The fraction of sp³-hybridized carbons (Fsp3) is 0.250. The normalized spacial score (nSPS) is 13.5. The summed E-state index contributed by atoms with van der Waals surface area (Å²) in [5.41, 5.74) is 6.02. The standard InChI is InChI=1S/C8H11N3O/c1-6(10-11-7(2)9)8-4-3-5-12-8/h3-5H,1-2H3,(H2,9,11)/b10-6+. The lowest BCUT2D eigenvalue weighted by molar-refractivity contribution is 0.557. The highest BCUT2D eigenvalue weighted by molar-refractivity contribution is 5.96. The Bertz CT molecular complexity index is 294. The van der Waals surface area contributed by atoms with Crippen molar-refractivity contribution in [2.45, 2.75) is 13.8 Å². The summed E-state index contributed by atoms with van der Waals surface area (Å²) in [4.78, 5) is 0. The van der Waals surface area contributed by atoms with Gasteiger partial charge >= 0.3 is 0 Å². The molecule has 0 bridgehead atoms. The van der Waals surface area contributed by atoms with Crippen LogP contribution in [0.15, 0.2) is 33.0 Å². The molecule has 0 aromatic carbocycles. The van der Waals surface area contributed by atoms with Crippen LogP contribution < -0.4 is 5.73 Å². The van der Waals surface area contributed by atoms with Gasteiger partial charge in [-0.05, 0) is 26.0 Å². The van der Waals surface area contributed by atoms with E-state index in [1.54, 1.807) is 19.3 Å². The van der Waals surface area contributed by atoms with Crippen molar-refractivity contribution in [2.75, 3.05) is 0 Å². The van der Waals surface area contributed by atoms with Gasteiger partial charge in [0.25, 0.3) is 0 Å². The van der Waals surface area contributed by atoms with Crippen LogP contribution in [0.1, 0.15) is 19.6 Å². The molecule has 1 aromatic rings. The summed E-state index contributed by atoms with van der Waals surface area (Å²) >= 11 is 0. The highest BCUT2D eigenvalue weighted by Gasteiger charge is 1.97. The maximum atomic E-state index is 5.31. The van der Waals surface area contributed by atoms with Crippen LogP contribution in [0, 0.1) is 0 Å². The molecule has 1 rings (SSSR count). The summed E-state index contributed by atoms with van der Waals surface area (Å²) in [6.45, 7) is 3.49. The van der Waals surface area contributed by atoms with E-state index in [1.165, 1.54) is 0 Å². The van der Waals surface area contributed by atoms with Crippen molar-refractivity contribution in [3.05, 3.63) is 24.2 Å². The average molecular weight is 165 g/mol. The molecule has 0 spiro atoms. The Hall–Kier alpha value is -1.58.